The van der Waals surface area contributed by atoms with E-state index in [0.29, 0.717) is 37.3 Å². The first-order valence-electron chi connectivity index (χ1n) is 12.4. The minimum Gasteiger partial charge on any atom is -0.387 e. The molecular weight excluding hydrogens is 478 g/mol. The molecule has 0 atom stereocenters. The van der Waals surface area contributed by atoms with Crippen molar-refractivity contribution in [1.29, 1.82) is 0 Å². The summed E-state index contributed by atoms with van der Waals surface area (Å²) >= 11 is 0. The Hall–Kier alpha value is -3.30. The van der Waals surface area contributed by atoms with Crippen LogP contribution in [0, 0.1) is 5.92 Å². The number of carbonyl (C=O) groups is 1. The third kappa shape index (κ3) is 4.37. The van der Waals surface area contributed by atoms with Crippen molar-refractivity contribution in [3.05, 3.63) is 48.0 Å². The average molecular weight is 508 g/mol. The molecule has 0 aromatic carbocycles. The second-order valence-electron chi connectivity index (χ2n) is 9.76. The van der Waals surface area contributed by atoms with Crippen LogP contribution in [0.1, 0.15) is 49.9 Å². The number of nitrogens with zero attached hydrogens (tertiary/aromatic N) is 6. The average Bonchev–Trinajstić information content (AvgIpc) is 3.22. The molecule has 1 fully saturated rings. The summed E-state index contributed by atoms with van der Waals surface area (Å²) in [7, 11) is 0. The van der Waals surface area contributed by atoms with E-state index >= 15 is 0 Å². The molecule has 0 unspecified atom stereocenters. The van der Waals surface area contributed by atoms with Gasteiger partial charge in [0, 0.05) is 54.4 Å². The van der Waals surface area contributed by atoms with Crippen molar-refractivity contribution >= 4 is 52.0 Å². The topological polar surface area (TPSA) is 109 Å². The second-order valence-corrected chi connectivity index (χ2v) is 9.76. The Morgan fingerprint density at radius 1 is 1.11 bits per heavy atom. The van der Waals surface area contributed by atoms with Gasteiger partial charge in [-0.15, -0.1) is 12.4 Å². The lowest BCUT2D eigenvalue weighted by molar-refractivity contribution is -0.135. The van der Waals surface area contributed by atoms with Crippen LogP contribution in [0.4, 0.5) is 11.8 Å². The molecule has 2 aliphatic rings. The fraction of sp³-hybridized carbons (Fsp3) is 0.423. The van der Waals surface area contributed by atoms with Gasteiger partial charge in [-0.25, -0.2) is 9.97 Å². The molecule has 4 aromatic heterocycles. The standard InChI is InChI=1S/C26H29N7O2.ClH/c1-16-2-5-18(6-3-16)33-22-13-27-10-8-19(22)20-12-28-26(31-25(20)33)30-23-7-4-17-14-32(24(35)15-34)11-9-21(17)29-23;/h4,7-8,10,12-13,16,18,34H,2-3,5-6,9,11,14-15H2,1H3,(H,28,29,30,31);1H. The fourth-order valence-corrected chi connectivity index (χ4v) is 5.51. The highest BCUT2D eigenvalue weighted by Gasteiger charge is 2.25. The lowest BCUT2D eigenvalue weighted by Crippen LogP contribution is -2.37. The Morgan fingerprint density at radius 3 is 2.75 bits per heavy atom. The van der Waals surface area contributed by atoms with Gasteiger partial charge in [0.2, 0.25) is 11.9 Å². The number of nitrogens with one attached hydrogen (secondary N) is 1. The van der Waals surface area contributed by atoms with Gasteiger partial charge >= 0.3 is 0 Å². The van der Waals surface area contributed by atoms with Crippen molar-refractivity contribution in [2.45, 2.75) is 51.6 Å². The van der Waals surface area contributed by atoms with Gasteiger partial charge in [0.15, 0.2) is 0 Å². The number of anilines is 2. The Kier molecular flexibility index (Phi) is 6.77. The van der Waals surface area contributed by atoms with Crippen molar-refractivity contribution in [3.8, 4) is 0 Å². The molecule has 0 spiro atoms. The van der Waals surface area contributed by atoms with Gasteiger partial charge in [0.1, 0.15) is 18.1 Å². The molecule has 1 saturated carbocycles. The summed E-state index contributed by atoms with van der Waals surface area (Å²) in [6.45, 7) is 2.90. The van der Waals surface area contributed by atoms with Gasteiger partial charge in [-0.3, -0.25) is 9.78 Å². The summed E-state index contributed by atoms with van der Waals surface area (Å²) in [5.41, 5.74) is 4.00. The zero-order valence-corrected chi connectivity index (χ0v) is 21.0. The maximum Gasteiger partial charge on any atom is 0.248 e. The number of pyridine rings is 2. The number of halogens is 1. The molecule has 0 radical (unpaired) electrons. The number of hydrogen-bond donors (Lipinski definition) is 2. The number of fused-ring (bicyclic) bond motifs is 4. The third-order valence-corrected chi connectivity index (χ3v) is 7.47. The first-order valence-corrected chi connectivity index (χ1v) is 12.4. The van der Waals surface area contributed by atoms with Crippen LogP contribution < -0.4 is 5.32 Å². The van der Waals surface area contributed by atoms with E-state index < -0.39 is 6.61 Å². The summed E-state index contributed by atoms with van der Waals surface area (Å²) in [5, 5.41) is 14.6. The van der Waals surface area contributed by atoms with Crippen LogP contribution in [-0.4, -0.2) is 53.6 Å². The number of hydrogen-bond acceptors (Lipinski definition) is 7. The highest BCUT2D eigenvalue weighted by Crippen LogP contribution is 2.38. The quantitative estimate of drug-likeness (QED) is 0.426. The lowest BCUT2D eigenvalue weighted by Gasteiger charge is -2.28. The number of aliphatic hydroxyl groups excluding tert-OH is 1. The minimum atomic E-state index is -0.463. The number of amides is 1. The fourth-order valence-electron chi connectivity index (χ4n) is 5.51. The summed E-state index contributed by atoms with van der Waals surface area (Å²) < 4.78 is 2.36. The van der Waals surface area contributed by atoms with Crippen molar-refractivity contribution < 1.29 is 9.90 Å². The smallest absolute Gasteiger partial charge is 0.248 e. The molecule has 188 valence electrons. The SMILES string of the molecule is CC1CCC(n2c3cnccc3c3cnc(Nc4ccc5c(n4)CCN(C(=O)CO)C5)nc32)CC1.Cl. The number of rotatable bonds is 4. The van der Waals surface area contributed by atoms with Gasteiger partial charge in [-0.1, -0.05) is 13.0 Å². The van der Waals surface area contributed by atoms with Crippen LogP contribution in [0.3, 0.4) is 0 Å². The lowest BCUT2D eigenvalue weighted by atomic mass is 9.87. The molecule has 4 aromatic rings. The van der Waals surface area contributed by atoms with Crippen molar-refractivity contribution in [3.63, 3.8) is 0 Å². The van der Waals surface area contributed by atoms with E-state index in [4.69, 9.17) is 15.1 Å². The van der Waals surface area contributed by atoms with Crippen LogP contribution in [0.2, 0.25) is 0 Å². The van der Waals surface area contributed by atoms with Crippen molar-refractivity contribution in [2.24, 2.45) is 5.92 Å². The van der Waals surface area contributed by atoms with E-state index in [-0.39, 0.29) is 18.3 Å². The maximum absolute atomic E-state index is 11.8. The molecule has 1 amide bonds. The molecule has 0 bridgehead atoms. The van der Waals surface area contributed by atoms with Crippen molar-refractivity contribution in [2.75, 3.05) is 18.5 Å². The molecule has 1 aliphatic heterocycles. The molecule has 2 N–H and O–H groups in total. The first kappa shape index (κ1) is 24.4. The summed E-state index contributed by atoms with van der Waals surface area (Å²) in [6, 6.07) is 6.32. The highest BCUT2D eigenvalue weighted by atomic mass is 35.5. The largest absolute Gasteiger partial charge is 0.387 e. The maximum atomic E-state index is 11.8. The van der Waals surface area contributed by atoms with E-state index in [0.717, 1.165) is 52.0 Å². The van der Waals surface area contributed by atoms with Gasteiger partial charge in [-0.2, -0.15) is 4.98 Å². The van der Waals surface area contributed by atoms with E-state index in [2.05, 4.69) is 26.8 Å². The van der Waals surface area contributed by atoms with E-state index in [1.165, 1.54) is 12.8 Å². The van der Waals surface area contributed by atoms with Crippen molar-refractivity contribution in [1.82, 2.24) is 29.4 Å². The molecule has 9 nitrogen and oxygen atoms in total. The molecule has 36 heavy (non-hydrogen) atoms. The predicted molar refractivity (Wildman–Crippen MR) is 140 cm³/mol. The Morgan fingerprint density at radius 2 is 1.94 bits per heavy atom. The molecule has 0 saturated heterocycles. The van der Waals surface area contributed by atoms with Gasteiger partial charge in [-0.05, 0) is 49.3 Å². The summed E-state index contributed by atoms with van der Waals surface area (Å²) in [6.07, 6.45) is 11.0. The van der Waals surface area contributed by atoms with Crippen LogP contribution in [0.15, 0.2) is 36.8 Å². The van der Waals surface area contributed by atoms with Crippen LogP contribution in [0.5, 0.6) is 0 Å². The van der Waals surface area contributed by atoms with Crippen LogP contribution in [0.25, 0.3) is 21.9 Å². The summed E-state index contributed by atoms with van der Waals surface area (Å²) in [5.74, 6) is 1.71. The zero-order chi connectivity index (χ0) is 23.9. The zero-order valence-electron chi connectivity index (χ0n) is 20.2. The number of aromatic nitrogens is 5. The number of aliphatic hydroxyl groups is 1. The van der Waals surface area contributed by atoms with Crippen LogP contribution >= 0.6 is 12.4 Å². The normalized spacial score (nSPS) is 19.7. The Labute approximate surface area is 215 Å². The second kappa shape index (κ2) is 9.99. The number of carbonyl (C=O) groups excluding carboxylic acids is 1. The van der Waals surface area contributed by atoms with Gasteiger partial charge in [0.05, 0.1) is 11.7 Å². The highest BCUT2D eigenvalue weighted by molar-refractivity contribution is 6.06. The van der Waals surface area contributed by atoms with Gasteiger partial charge in [0.25, 0.3) is 0 Å². The molecular formula is C26H30ClN7O2. The van der Waals surface area contributed by atoms with E-state index in [9.17, 15) is 4.79 Å². The molecule has 5 heterocycles. The third-order valence-electron chi connectivity index (χ3n) is 7.47. The molecule has 6 rings (SSSR count). The Balaban J connectivity index is 0.00000267. The van der Waals surface area contributed by atoms with E-state index in [1.807, 2.05) is 36.8 Å². The predicted octanol–water partition coefficient (Wildman–Crippen LogP) is 4.17. The molecule has 10 heteroatoms. The molecule has 1 aliphatic carbocycles. The van der Waals surface area contributed by atoms with Gasteiger partial charge < -0.3 is 19.9 Å². The monoisotopic (exact) mass is 507 g/mol. The first-order chi connectivity index (χ1) is 17.1. The van der Waals surface area contributed by atoms with Crippen LogP contribution in [-0.2, 0) is 17.8 Å². The minimum absolute atomic E-state index is 0. The summed E-state index contributed by atoms with van der Waals surface area (Å²) in [4.78, 5) is 32.2. The Bertz CT molecular complexity index is 1410. The van der Waals surface area contributed by atoms with E-state index in [1.54, 1.807) is 4.90 Å².